The highest BCUT2D eigenvalue weighted by molar-refractivity contribution is 8.14. The molecule has 2 atom stereocenters. The Kier molecular flexibility index (Phi) is 8.16. The van der Waals surface area contributed by atoms with Crippen LogP contribution in [0.15, 0.2) is 35.4 Å². The zero-order chi connectivity index (χ0) is 26.5. The average molecular weight is 540 g/mol. The molecular formula is C27H27F2N5O3S. The van der Waals surface area contributed by atoms with Gasteiger partial charge >= 0.3 is 0 Å². The Bertz CT molecular complexity index is 1300. The van der Waals surface area contributed by atoms with Crippen molar-refractivity contribution in [1.29, 1.82) is 0 Å². The molecule has 1 saturated carbocycles. The summed E-state index contributed by atoms with van der Waals surface area (Å²) in [6, 6.07) is 0.397. The van der Waals surface area contributed by atoms with Gasteiger partial charge in [0.1, 0.15) is 17.5 Å². The van der Waals surface area contributed by atoms with Crippen LogP contribution < -0.4 is 16.1 Å². The van der Waals surface area contributed by atoms with Gasteiger partial charge in [-0.2, -0.15) is 5.10 Å². The molecule has 1 amide bonds. The fourth-order valence-electron chi connectivity index (χ4n) is 4.03. The number of halogens is 2. The van der Waals surface area contributed by atoms with Crippen LogP contribution in [0.4, 0.5) is 8.78 Å². The zero-order valence-corrected chi connectivity index (χ0v) is 21.5. The number of methoxy groups -OCH3 is 1. The molecule has 0 aromatic carbocycles. The van der Waals surface area contributed by atoms with E-state index in [1.807, 2.05) is 0 Å². The first-order valence-corrected chi connectivity index (χ1v) is 13.3. The maximum Gasteiger partial charge on any atom is 0.261 e. The first-order valence-electron chi connectivity index (χ1n) is 12.4. The van der Waals surface area contributed by atoms with E-state index in [2.05, 4.69) is 49.8 Å². The van der Waals surface area contributed by atoms with Crippen LogP contribution in [-0.4, -0.2) is 54.2 Å². The van der Waals surface area contributed by atoms with Crippen molar-refractivity contribution in [1.82, 2.24) is 21.0 Å². The summed E-state index contributed by atoms with van der Waals surface area (Å²) in [5.74, 6) is 13.1. The number of rotatable bonds is 4. The smallest absolute Gasteiger partial charge is 0.261 e. The molecule has 8 nitrogen and oxygen atoms in total. The van der Waals surface area contributed by atoms with Gasteiger partial charge in [-0.05, 0) is 55.5 Å². The normalized spacial score (nSPS) is 22.9. The number of carbonyl (C=O) groups is 1. The molecule has 0 radical (unpaired) electrons. The molecule has 3 aliphatic heterocycles. The molecule has 198 valence electrons. The van der Waals surface area contributed by atoms with E-state index >= 15 is 0 Å². The van der Waals surface area contributed by atoms with Crippen LogP contribution in [0.25, 0.3) is 5.57 Å². The lowest BCUT2D eigenvalue weighted by Crippen LogP contribution is -2.33. The van der Waals surface area contributed by atoms with Gasteiger partial charge in [0.2, 0.25) is 0 Å². The van der Waals surface area contributed by atoms with Gasteiger partial charge in [0.15, 0.2) is 10.5 Å². The summed E-state index contributed by atoms with van der Waals surface area (Å²) >= 11 is 1.30. The number of hydrazone groups is 1. The number of hydrogen-bond acceptors (Lipinski definition) is 8. The van der Waals surface area contributed by atoms with Crippen LogP contribution in [0, 0.1) is 35.5 Å². The van der Waals surface area contributed by atoms with Gasteiger partial charge in [0.05, 0.1) is 12.7 Å². The molecule has 0 bridgehead atoms. The minimum atomic E-state index is -2.66. The van der Waals surface area contributed by atoms with Crippen molar-refractivity contribution in [2.24, 2.45) is 16.9 Å². The number of aromatic nitrogens is 1. The molecule has 1 aromatic heterocycles. The van der Waals surface area contributed by atoms with E-state index in [9.17, 15) is 13.6 Å². The Morgan fingerprint density at radius 1 is 1.21 bits per heavy atom. The summed E-state index contributed by atoms with van der Waals surface area (Å²) in [5.41, 5.74) is 4.25. The van der Waals surface area contributed by atoms with Gasteiger partial charge in [-0.15, -0.1) is 0 Å². The molecule has 3 N–H and O–H groups in total. The Morgan fingerprint density at radius 3 is 2.74 bits per heavy atom. The lowest BCUT2D eigenvalue weighted by molar-refractivity contribution is 0.0807. The number of hydrogen-bond donors (Lipinski definition) is 3. The molecular weight excluding hydrogens is 512 g/mol. The molecule has 1 aromatic rings. The van der Waals surface area contributed by atoms with E-state index in [1.165, 1.54) is 37.3 Å². The minimum absolute atomic E-state index is 0.182. The fourth-order valence-corrected chi connectivity index (χ4v) is 4.74. The van der Waals surface area contributed by atoms with Crippen LogP contribution >= 0.6 is 11.8 Å². The molecule has 4 aliphatic rings. The number of carbonyl (C=O) groups excluding carboxylic acids is 1. The van der Waals surface area contributed by atoms with Crippen molar-refractivity contribution in [3.8, 4) is 23.7 Å². The lowest BCUT2D eigenvalue weighted by atomic mass is 9.94. The molecule has 1 saturated heterocycles. The molecule has 1 aliphatic carbocycles. The largest absolute Gasteiger partial charge is 0.495 e. The highest BCUT2D eigenvalue weighted by Crippen LogP contribution is 2.31. The van der Waals surface area contributed by atoms with Crippen molar-refractivity contribution in [2.45, 2.75) is 43.5 Å². The maximum atomic E-state index is 13.6. The van der Waals surface area contributed by atoms with Crippen molar-refractivity contribution >= 4 is 28.4 Å². The molecule has 2 unspecified atom stereocenters. The van der Waals surface area contributed by atoms with Crippen LogP contribution in [-0.2, 0) is 9.47 Å². The molecule has 4 heterocycles. The van der Waals surface area contributed by atoms with Crippen molar-refractivity contribution < 1.29 is 23.0 Å². The number of nitrogens with zero attached hydrogens (tertiary/aromatic N) is 2. The van der Waals surface area contributed by atoms with Gasteiger partial charge in [0.25, 0.3) is 12.3 Å². The van der Waals surface area contributed by atoms with Gasteiger partial charge in [-0.3, -0.25) is 15.5 Å². The first-order chi connectivity index (χ1) is 18.5. The number of alkyl halides is 2. The van der Waals surface area contributed by atoms with Gasteiger partial charge < -0.3 is 14.8 Å². The van der Waals surface area contributed by atoms with Gasteiger partial charge in [-0.1, -0.05) is 17.8 Å². The Balaban J connectivity index is 1.42. The van der Waals surface area contributed by atoms with Crippen molar-refractivity contribution in [3.05, 3.63) is 47.1 Å². The molecule has 0 spiro atoms. The summed E-state index contributed by atoms with van der Waals surface area (Å²) < 4.78 is 38.0. The minimum Gasteiger partial charge on any atom is -0.495 e. The quantitative estimate of drug-likeness (QED) is 0.506. The van der Waals surface area contributed by atoms with E-state index in [-0.39, 0.29) is 16.9 Å². The summed E-state index contributed by atoms with van der Waals surface area (Å²) in [4.78, 5) is 17.8. The van der Waals surface area contributed by atoms with E-state index in [0.717, 1.165) is 25.7 Å². The lowest BCUT2D eigenvalue weighted by Gasteiger charge is -2.23. The van der Waals surface area contributed by atoms with Crippen LogP contribution in [0.2, 0.25) is 0 Å². The van der Waals surface area contributed by atoms with Crippen molar-refractivity contribution in [2.75, 3.05) is 20.3 Å². The van der Waals surface area contributed by atoms with Gasteiger partial charge in [0, 0.05) is 48.6 Å². The van der Waals surface area contributed by atoms with Crippen LogP contribution in [0.5, 0.6) is 0 Å². The molecule has 5 rings (SSSR count). The van der Waals surface area contributed by atoms with Crippen LogP contribution in [0.1, 0.15) is 47.3 Å². The number of dihydropyridines is 1. The van der Waals surface area contributed by atoms with E-state index in [4.69, 9.17) is 9.47 Å². The number of amides is 1. The fraction of sp³-hybridized carbons (Fsp3) is 0.444. The Labute approximate surface area is 224 Å². The van der Waals surface area contributed by atoms with E-state index in [0.29, 0.717) is 46.9 Å². The van der Waals surface area contributed by atoms with Gasteiger partial charge in [-0.25, -0.2) is 13.8 Å². The monoisotopic (exact) mass is 539 g/mol. The highest BCUT2D eigenvalue weighted by Gasteiger charge is 2.28. The number of amidine groups is 1. The number of nitrogens with one attached hydrogen (secondary N) is 3. The molecule has 11 heteroatoms. The summed E-state index contributed by atoms with van der Waals surface area (Å²) in [7, 11) is 1.44. The Hall–Kier alpha value is -3.54. The van der Waals surface area contributed by atoms with E-state index < -0.39 is 18.4 Å². The SMILES string of the molecule is COC1=CNC(C(F)F)C=C1c1cc(C#CC2CCOCC2)ncc1C(=O)NC1=NNC(C#CC2CC2)S1. The first kappa shape index (κ1) is 26.1. The number of thioether (sulfide) groups is 1. The predicted octanol–water partition coefficient (Wildman–Crippen LogP) is 3.04. The summed E-state index contributed by atoms with van der Waals surface area (Å²) in [6.45, 7) is 1.33. The third-order valence-electron chi connectivity index (χ3n) is 6.30. The molecule has 38 heavy (non-hydrogen) atoms. The average Bonchev–Trinajstić information content (AvgIpc) is 3.67. The summed E-state index contributed by atoms with van der Waals surface area (Å²) in [5, 5.41) is 9.70. The second-order valence-electron chi connectivity index (χ2n) is 9.15. The molecule has 2 fully saturated rings. The second-order valence-corrected chi connectivity index (χ2v) is 10.2. The predicted molar refractivity (Wildman–Crippen MR) is 141 cm³/mol. The maximum absolute atomic E-state index is 13.6. The highest BCUT2D eigenvalue weighted by atomic mass is 32.2. The number of pyridine rings is 1. The van der Waals surface area contributed by atoms with Crippen LogP contribution in [0.3, 0.4) is 0 Å². The zero-order valence-electron chi connectivity index (χ0n) is 20.7. The number of ether oxygens (including phenoxy) is 2. The van der Waals surface area contributed by atoms with Crippen molar-refractivity contribution in [3.63, 3.8) is 0 Å². The number of allylic oxidation sites excluding steroid dienone is 1. The third-order valence-corrected chi connectivity index (χ3v) is 7.18. The van der Waals surface area contributed by atoms with E-state index in [1.54, 1.807) is 6.07 Å². The second kappa shape index (κ2) is 11.9. The topological polar surface area (TPSA) is 96.9 Å². The standard InChI is InChI=1S/C27H27F2N5O3S/c1-36-23-15-31-22(25(28)29)13-20(23)19-12-18(6-4-17-8-10-37-11-9-17)30-14-21(19)26(35)32-27-34-33-24(38-27)7-5-16-2-3-16/h12-17,22,24-25,31,33H,2-3,8-11H2,1H3,(H,32,34,35). The third kappa shape index (κ3) is 6.47. The summed E-state index contributed by atoms with van der Waals surface area (Å²) in [6.07, 6.45) is 5.41. The Morgan fingerprint density at radius 2 is 2.00 bits per heavy atom.